The van der Waals surface area contributed by atoms with Gasteiger partial charge in [-0.2, -0.15) is 0 Å². The third-order valence-electron chi connectivity index (χ3n) is 2.74. The van der Waals surface area contributed by atoms with Crippen molar-refractivity contribution in [2.75, 3.05) is 0 Å². The standard InChI is InChI=1S/C14H16BrNS/c1-2-4-10-5-3-6-11(7-10)14(16)13-8-12(15)9-17-13/h3,5-9,14H,2,4,16H2,1H3. The summed E-state index contributed by atoms with van der Waals surface area (Å²) in [5.41, 5.74) is 8.85. The van der Waals surface area contributed by atoms with Crippen LogP contribution < -0.4 is 5.73 Å². The molecule has 3 heteroatoms. The molecule has 0 spiro atoms. The lowest BCUT2D eigenvalue weighted by molar-refractivity contribution is 0.874. The van der Waals surface area contributed by atoms with Gasteiger partial charge >= 0.3 is 0 Å². The Bertz CT molecular complexity index is 492. The van der Waals surface area contributed by atoms with Gasteiger partial charge in [0.05, 0.1) is 6.04 Å². The van der Waals surface area contributed by atoms with Gasteiger partial charge in [-0.25, -0.2) is 0 Å². The van der Waals surface area contributed by atoms with E-state index in [1.807, 2.05) is 0 Å². The SMILES string of the molecule is CCCc1cccc(C(N)c2cc(Br)cs2)c1. The quantitative estimate of drug-likeness (QED) is 0.883. The normalized spacial score (nSPS) is 12.6. The van der Waals surface area contributed by atoms with Gasteiger partial charge in [-0.15, -0.1) is 11.3 Å². The summed E-state index contributed by atoms with van der Waals surface area (Å²) in [5.74, 6) is 0. The molecule has 0 aliphatic heterocycles. The van der Waals surface area contributed by atoms with Crippen molar-refractivity contribution in [2.24, 2.45) is 5.73 Å². The van der Waals surface area contributed by atoms with E-state index in [4.69, 9.17) is 5.73 Å². The average molecular weight is 310 g/mol. The Morgan fingerprint density at radius 3 is 2.82 bits per heavy atom. The first-order chi connectivity index (χ1) is 8.20. The number of hydrogen-bond donors (Lipinski definition) is 1. The molecule has 0 aliphatic carbocycles. The van der Waals surface area contributed by atoms with E-state index in [-0.39, 0.29) is 6.04 Å². The largest absolute Gasteiger partial charge is 0.320 e. The predicted octanol–water partition coefficient (Wildman–Crippen LogP) is 4.51. The van der Waals surface area contributed by atoms with Gasteiger partial charge in [0.15, 0.2) is 0 Å². The van der Waals surface area contributed by atoms with Gasteiger partial charge in [0.1, 0.15) is 0 Å². The van der Waals surface area contributed by atoms with Gasteiger partial charge in [0.2, 0.25) is 0 Å². The highest BCUT2D eigenvalue weighted by Crippen LogP contribution is 2.28. The molecule has 0 aliphatic rings. The molecule has 2 N–H and O–H groups in total. The number of thiophene rings is 1. The Kier molecular flexibility index (Phi) is 4.37. The number of rotatable bonds is 4. The molecule has 0 amide bonds. The maximum Gasteiger partial charge on any atom is 0.0646 e. The van der Waals surface area contributed by atoms with Gasteiger partial charge in [0.25, 0.3) is 0 Å². The molecular formula is C14H16BrNS. The van der Waals surface area contributed by atoms with Gasteiger partial charge < -0.3 is 5.73 Å². The molecule has 0 fully saturated rings. The van der Waals surface area contributed by atoms with E-state index in [0.717, 1.165) is 10.9 Å². The molecule has 0 saturated heterocycles. The Balaban J connectivity index is 2.24. The third-order valence-corrected chi connectivity index (χ3v) is 4.52. The summed E-state index contributed by atoms with van der Waals surface area (Å²) in [6.07, 6.45) is 2.29. The van der Waals surface area contributed by atoms with Crippen LogP contribution in [-0.4, -0.2) is 0 Å². The predicted molar refractivity (Wildman–Crippen MR) is 78.5 cm³/mol. The fourth-order valence-electron chi connectivity index (χ4n) is 1.89. The fourth-order valence-corrected chi connectivity index (χ4v) is 3.36. The molecule has 2 aromatic rings. The summed E-state index contributed by atoms with van der Waals surface area (Å²) in [7, 11) is 0. The van der Waals surface area contributed by atoms with Crippen LogP contribution >= 0.6 is 27.3 Å². The highest BCUT2D eigenvalue weighted by Gasteiger charge is 2.11. The van der Waals surface area contributed by atoms with Crippen LogP contribution in [0.15, 0.2) is 40.2 Å². The van der Waals surface area contributed by atoms with Gasteiger partial charge in [-0.05, 0) is 39.5 Å². The Morgan fingerprint density at radius 2 is 2.18 bits per heavy atom. The number of benzene rings is 1. The lowest BCUT2D eigenvalue weighted by Gasteiger charge is -2.11. The number of halogens is 1. The zero-order valence-electron chi connectivity index (χ0n) is 9.82. The summed E-state index contributed by atoms with van der Waals surface area (Å²) in [6.45, 7) is 2.20. The zero-order valence-corrected chi connectivity index (χ0v) is 12.2. The monoisotopic (exact) mass is 309 g/mol. The molecule has 0 bridgehead atoms. The molecule has 1 unspecified atom stereocenters. The molecule has 0 saturated carbocycles. The second-order valence-electron chi connectivity index (χ2n) is 4.14. The maximum absolute atomic E-state index is 6.28. The highest BCUT2D eigenvalue weighted by atomic mass is 79.9. The molecular weight excluding hydrogens is 294 g/mol. The van der Waals surface area contributed by atoms with Crippen LogP contribution in [-0.2, 0) is 6.42 Å². The molecule has 1 nitrogen and oxygen atoms in total. The van der Waals surface area contributed by atoms with E-state index in [0.29, 0.717) is 0 Å². The highest BCUT2D eigenvalue weighted by molar-refractivity contribution is 9.10. The molecule has 90 valence electrons. The van der Waals surface area contributed by atoms with E-state index < -0.39 is 0 Å². The fraction of sp³-hybridized carbons (Fsp3) is 0.286. The van der Waals surface area contributed by atoms with E-state index >= 15 is 0 Å². The van der Waals surface area contributed by atoms with Crippen molar-refractivity contribution < 1.29 is 0 Å². The average Bonchev–Trinajstić information content (AvgIpc) is 2.76. The third kappa shape index (κ3) is 3.18. The molecule has 1 aromatic carbocycles. The molecule has 2 rings (SSSR count). The maximum atomic E-state index is 6.28. The first kappa shape index (κ1) is 12.8. The smallest absolute Gasteiger partial charge is 0.0646 e. The topological polar surface area (TPSA) is 26.0 Å². The van der Waals surface area contributed by atoms with Crippen molar-refractivity contribution >= 4 is 27.3 Å². The van der Waals surface area contributed by atoms with Crippen LogP contribution in [0, 0.1) is 0 Å². The van der Waals surface area contributed by atoms with Crippen molar-refractivity contribution in [3.63, 3.8) is 0 Å². The minimum atomic E-state index is -0.0110. The van der Waals surface area contributed by atoms with Gasteiger partial charge in [-0.3, -0.25) is 0 Å². The summed E-state index contributed by atoms with van der Waals surface area (Å²) < 4.78 is 1.11. The number of hydrogen-bond acceptors (Lipinski definition) is 2. The molecule has 1 aromatic heterocycles. The van der Waals surface area contributed by atoms with Crippen molar-refractivity contribution in [3.8, 4) is 0 Å². The van der Waals surface area contributed by atoms with E-state index in [1.54, 1.807) is 11.3 Å². The summed E-state index contributed by atoms with van der Waals surface area (Å²) in [6, 6.07) is 10.7. The van der Waals surface area contributed by atoms with Crippen LogP contribution in [0.4, 0.5) is 0 Å². The first-order valence-corrected chi connectivity index (χ1v) is 7.46. The van der Waals surface area contributed by atoms with Crippen LogP contribution in [0.25, 0.3) is 0 Å². The van der Waals surface area contributed by atoms with Crippen molar-refractivity contribution in [1.29, 1.82) is 0 Å². The van der Waals surface area contributed by atoms with Crippen molar-refractivity contribution in [2.45, 2.75) is 25.8 Å². The van der Waals surface area contributed by atoms with Gasteiger partial charge in [0, 0.05) is 14.7 Å². The second kappa shape index (κ2) is 5.80. The van der Waals surface area contributed by atoms with E-state index in [9.17, 15) is 0 Å². The summed E-state index contributed by atoms with van der Waals surface area (Å²) in [4.78, 5) is 1.20. The molecule has 1 atom stereocenters. The minimum absolute atomic E-state index is 0.0110. The molecule has 0 radical (unpaired) electrons. The van der Waals surface area contributed by atoms with Crippen LogP contribution in [0.1, 0.15) is 35.4 Å². The van der Waals surface area contributed by atoms with Crippen LogP contribution in [0.3, 0.4) is 0 Å². The molecule has 1 heterocycles. The van der Waals surface area contributed by atoms with Crippen LogP contribution in [0.2, 0.25) is 0 Å². The zero-order chi connectivity index (χ0) is 12.3. The number of nitrogens with two attached hydrogens (primary N) is 1. The Morgan fingerprint density at radius 1 is 1.35 bits per heavy atom. The van der Waals surface area contributed by atoms with E-state index in [2.05, 4.69) is 58.6 Å². The second-order valence-corrected chi connectivity index (χ2v) is 6.00. The Labute approximate surface area is 115 Å². The van der Waals surface area contributed by atoms with Crippen molar-refractivity contribution in [3.05, 3.63) is 56.2 Å². The Hall–Kier alpha value is -0.640. The minimum Gasteiger partial charge on any atom is -0.320 e. The van der Waals surface area contributed by atoms with Gasteiger partial charge in [-0.1, -0.05) is 37.6 Å². The lowest BCUT2D eigenvalue weighted by atomic mass is 10.0. The van der Waals surface area contributed by atoms with Crippen molar-refractivity contribution in [1.82, 2.24) is 0 Å². The number of aryl methyl sites for hydroxylation is 1. The lowest BCUT2D eigenvalue weighted by Crippen LogP contribution is -2.10. The van der Waals surface area contributed by atoms with Crippen LogP contribution in [0.5, 0.6) is 0 Å². The molecule has 17 heavy (non-hydrogen) atoms. The summed E-state index contributed by atoms with van der Waals surface area (Å²) >= 11 is 5.17. The summed E-state index contributed by atoms with van der Waals surface area (Å²) in [5, 5.41) is 2.07. The first-order valence-electron chi connectivity index (χ1n) is 5.79. The van der Waals surface area contributed by atoms with E-state index in [1.165, 1.54) is 22.4 Å².